The maximum atomic E-state index is 13.2. The lowest BCUT2D eigenvalue weighted by Crippen LogP contribution is -2.16. The lowest BCUT2D eigenvalue weighted by Gasteiger charge is -2.08. The normalized spacial score (nSPS) is 10.6. The average Bonchev–Trinajstić information content (AvgIpc) is 3.03. The number of rotatable bonds is 6. The Bertz CT molecular complexity index is 980. The lowest BCUT2D eigenvalue weighted by molar-refractivity contribution is -0.113. The van der Waals surface area contributed by atoms with Crippen molar-refractivity contribution >= 4 is 23.4 Å². The third kappa shape index (κ3) is 4.17. The molecule has 0 saturated carbocycles. The van der Waals surface area contributed by atoms with Crippen LogP contribution in [-0.4, -0.2) is 33.6 Å². The van der Waals surface area contributed by atoms with Crippen molar-refractivity contribution in [1.82, 2.24) is 14.9 Å². The number of thioether (sulfide) groups is 1. The van der Waals surface area contributed by atoms with E-state index in [0.29, 0.717) is 22.3 Å². The van der Waals surface area contributed by atoms with E-state index >= 15 is 0 Å². The summed E-state index contributed by atoms with van der Waals surface area (Å²) in [6.45, 7) is 0. The number of nitrogen functional groups attached to an aromatic ring is 1. The molecule has 140 valence electrons. The first kappa shape index (κ1) is 18.6. The van der Waals surface area contributed by atoms with Gasteiger partial charge in [0.05, 0.1) is 18.4 Å². The van der Waals surface area contributed by atoms with Crippen LogP contribution in [0, 0.1) is 11.6 Å². The molecule has 3 N–H and O–H groups in total. The molecule has 3 rings (SSSR count). The zero-order valence-corrected chi connectivity index (χ0v) is 15.0. The molecule has 0 radical (unpaired) electrons. The van der Waals surface area contributed by atoms with Crippen molar-refractivity contribution in [3.63, 3.8) is 0 Å². The third-order valence-corrected chi connectivity index (χ3v) is 4.49. The average molecular weight is 391 g/mol. The fourth-order valence-electron chi connectivity index (χ4n) is 2.29. The second-order valence-electron chi connectivity index (χ2n) is 5.34. The number of halogens is 2. The van der Waals surface area contributed by atoms with Crippen molar-refractivity contribution in [2.75, 3.05) is 24.0 Å². The van der Waals surface area contributed by atoms with Crippen LogP contribution in [0.15, 0.2) is 47.6 Å². The molecule has 0 saturated heterocycles. The van der Waals surface area contributed by atoms with Crippen LogP contribution in [0.5, 0.6) is 5.75 Å². The van der Waals surface area contributed by atoms with E-state index in [4.69, 9.17) is 10.6 Å². The van der Waals surface area contributed by atoms with Crippen LogP contribution < -0.4 is 15.9 Å². The minimum atomic E-state index is -1.04. The number of carbonyl (C=O) groups excluding carboxylic acids is 1. The Balaban J connectivity index is 1.67. The molecule has 0 aliphatic heterocycles. The maximum absolute atomic E-state index is 13.2. The van der Waals surface area contributed by atoms with Gasteiger partial charge in [0.2, 0.25) is 11.1 Å². The van der Waals surface area contributed by atoms with Crippen molar-refractivity contribution in [3.05, 3.63) is 54.1 Å². The van der Waals surface area contributed by atoms with E-state index < -0.39 is 17.5 Å². The fourth-order valence-corrected chi connectivity index (χ4v) is 2.95. The van der Waals surface area contributed by atoms with Crippen molar-refractivity contribution in [3.8, 4) is 17.1 Å². The van der Waals surface area contributed by atoms with E-state index in [1.807, 2.05) is 12.1 Å². The number of amides is 1. The molecule has 1 amide bonds. The molecule has 0 aliphatic rings. The van der Waals surface area contributed by atoms with Crippen molar-refractivity contribution in [2.24, 2.45) is 0 Å². The Morgan fingerprint density at radius 3 is 2.74 bits per heavy atom. The van der Waals surface area contributed by atoms with Gasteiger partial charge in [0.25, 0.3) is 0 Å². The van der Waals surface area contributed by atoms with Crippen molar-refractivity contribution < 1.29 is 18.3 Å². The van der Waals surface area contributed by atoms with Crippen LogP contribution in [0.25, 0.3) is 11.4 Å². The van der Waals surface area contributed by atoms with Gasteiger partial charge in [-0.3, -0.25) is 4.79 Å². The van der Waals surface area contributed by atoms with Gasteiger partial charge in [0, 0.05) is 11.8 Å². The Kier molecular flexibility index (Phi) is 5.55. The first-order valence-electron chi connectivity index (χ1n) is 7.71. The van der Waals surface area contributed by atoms with E-state index in [1.54, 1.807) is 12.1 Å². The Labute approximate surface area is 157 Å². The maximum Gasteiger partial charge on any atom is 0.234 e. The summed E-state index contributed by atoms with van der Waals surface area (Å²) in [5.74, 6) is 4.51. The van der Waals surface area contributed by atoms with E-state index in [-0.39, 0.29) is 11.4 Å². The minimum Gasteiger partial charge on any atom is -0.496 e. The van der Waals surface area contributed by atoms with Gasteiger partial charge < -0.3 is 15.9 Å². The summed E-state index contributed by atoms with van der Waals surface area (Å²) in [4.78, 5) is 12.0. The standard InChI is InChI=1S/C17H15F2N5O2S/c1-26-14-5-3-2-4-11(14)16-22-23-17(24(16)20)27-9-15(25)21-10-6-7-12(18)13(19)8-10/h2-8H,9,20H2,1H3,(H,21,25). The number of para-hydroxylation sites is 1. The summed E-state index contributed by atoms with van der Waals surface area (Å²) in [5, 5.41) is 10.8. The molecule has 0 bridgehead atoms. The van der Waals surface area contributed by atoms with Gasteiger partial charge >= 0.3 is 0 Å². The molecule has 3 aromatic rings. The quantitative estimate of drug-likeness (QED) is 0.496. The molecular weight excluding hydrogens is 376 g/mol. The molecule has 1 aromatic heterocycles. The second-order valence-corrected chi connectivity index (χ2v) is 6.28. The number of hydrogen-bond donors (Lipinski definition) is 2. The zero-order valence-electron chi connectivity index (χ0n) is 14.1. The first-order chi connectivity index (χ1) is 13.0. The summed E-state index contributed by atoms with van der Waals surface area (Å²) < 4.78 is 32.6. The van der Waals surface area contributed by atoms with Gasteiger partial charge in [0.15, 0.2) is 17.5 Å². The highest BCUT2D eigenvalue weighted by atomic mass is 32.2. The highest BCUT2D eigenvalue weighted by Crippen LogP contribution is 2.29. The summed E-state index contributed by atoms with van der Waals surface area (Å²) in [6.07, 6.45) is 0. The number of hydrogen-bond acceptors (Lipinski definition) is 6. The van der Waals surface area contributed by atoms with E-state index in [0.717, 1.165) is 23.9 Å². The van der Waals surface area contributed by atoms with E-state index in [2.05, 4.69) is 15.5 Å². The first-order valence-corrected chi connectivity index (χ1v) is 8.69. The summed E-state index contributed by atoms with van der Waals surface area (Å²) >= 11 is 1.05. The highest BCUT2D eigenvalue weighted by molar-refractivity contribution is 7.99. The number of nitrogens with one attached hydrogen (secondary N) is 1. The lowest BCUT2D eigenvalue weighted by atomic mass is 10.2. The number of methoxy groups -OCH3 is 1. The Morgan fingerprint density at radius 2 is 2.00 bits per heavy atom. The van der Waals surface area contributed by atoms with Gasteiger partial charge in [0.1, 0.15) is 5.75 Å². The molecule has 0 unspecified atom stereocenters. The molecule has 0 atom stereocenters. The zero-order chi connectivity index (χ0) is 19.4. The number of aromatic nitrogens is 3. The van der Waals surface area contributed by atoms with Gasteiger partial charge in [-0.15, -0.1) is 10.2 Å². The van der Waals surface area contributed by atoms with Crippen LogP contribution in [0.2, 0.25) is 0 Å². The predicted octanol–water partition coefficient (Wildman–Crippen LogP) is 2.68. The number of nitrogens with two attached hydrogens (primary N) is 1. The molecule has 0 fully saturated rings. The van der Waals surface area contributed by atoms with E-state index in [1.165, 1.54) is 17.9 Å². The molecule has 1 heterocycles. The summed E-state index contributed by atoms with van der Waals surface area (Å²) in [5.41, 5.74) is 0.816. The second kappa shape index (κ2) is 8.04. The van der Waals surface area contributed by atoms with Crippen LogP contribution in [0.1, 0.15) is 0 Å². The summed E-state index contributed by atoms with van der Waals surface area (Å²) in [6, 6.07) is 10.3. The smallest absolute Gasteiger partial charge is 0.234 e. The molecule has 27 heavy (non-hydrogen) atoms. The number of carbonyl (C=O) groups is 1. The van der Waals surface area contributed by atoms with Crippen LogP contribution in [-0.2, 0) is 4.79 Å². The van der Waals surface area contributed by atoms with Gasteiger partial charge in [-0.25, -0.2) is 13.5 Å². The Morgan fingerprint density at radius 1 is 1.22 bits per heavy atom. The summed E-state index contributed by atoms with van der Waals surface area (Å²) in [7, 11) is 1.54. The molecule has 10 heteroatoms. The van der Waals surface area contributed by atoms with E-state index in [9.17, 15) is 13.6 Å². The number of benzene rings is 2. The monoisotopic (exact) mass is 391 g/mol. The van der Waals surface area contributed by atoms with Crippen LogP contribution >= 0.6 is 11.8 Å². The van der Waals surface area contributed by atoms with Crippen molar-refractivity contribution in [2.45, 2.75) is 5.16 Å². The highest BCUT2D eigenvalue weighted by Gasteiger charge is 2.16. The SMILES string of the molecule is COc1ccccc1-c1nnc(SCC(=O)Nc2ccc(F)c(F)c2)n1N. The third-order valence-electron chi connectivity index (χ3n) is 3.55. The van der Waals surface area contributed by atoms with Gasteiger partial charge in [-0.1, -0.05) is 23.9 Å². The fraction of sp³-hybridized carbons (Fsp3) is 0.118. The predicted molar refractivity (Wildman–Crippen MR) is 97.9 cm³/mol. The van der Waals surface area contributed by atoms with Crippen LogP contribution in [0.3, 0.4) is 0 Å². The molecule has 7 nitrogen and oxygen atoms in total. The minimum absolute atomic E-state index is 0.0414. The molecule has 0 aliphatic carbocycles. The number of anilines is 1. The van der Waals surface area contributed by atoms with Gasteiger partial charge in [-0.2, -0.15) is 0 Å². The molecular formula is C17H15F2N5O2S. The van der Waals surface area contributed by atoms with Crippen LogP contribution in [0.4, 0.5) is 14.5 Å². The largest absolute Gasteiger partial charge is 0.496 e. The Hall–Kier alpha value is -3.14. The molecule has 0 spiro atoms. The molecule has 2 aromatic carbocycles. The number of nitrogens with zero attached hydrogens (tertiary/aromatic N) is 3. The number of ether oxygens (including phenoxy) is 1. The van der Waals surface area contributed by atoms with Crippen molar-refractivity contribution in [1.29, 1.82) is 0 Å². The van der Waals surface area contributed by atoms with Gasteiger partial charge in [-0.05, 0) is 24.3 Å². The topological polar surface area (TPSA) is 95.1 Å².